The third kappa shape index (κ3) is 10.6. The zero-order valence-electron chi connectivity index (χ0n) is 25.9. The molecule has 4 amide bonds. The summed E-state index contributed by atoms with van der Waals surface area (Å²) in [4.78, 5) is 65.1. The number of ether oxygens (including phenoxy) is 3. The molecule has 14 heteroatoms. The number of carbonyl (C=O) groups is 5. The van der Waals surface area contributed by atoms with Crippen LogP contribution in [-0.2, 0) is 23.9 Å². The van der Waals surface area contributed by atoms with Crippen molar-refractivity contribution in [1.82, 2.24) is 5.32 Å². The number of likely N-dealkylation sites (N-methyl/N-ethyl adjacent to an activating group) is 1. The Hall–Kier alpha value is -5.53. The molecule has 3 aromatic carbocycles. The predicted octanol–water partition coefficient (Wildman–Crippen LogP) is 4.29. The number of urea groups is 1. The van der Waals surface area contributed by atoms with Gasteiger partial charge in [0.1, 0.15) is 29.5 Å². The number of carbonyl (C=O) groups excluding carboxylic acids is 5. The lowest BCUT2D eigenvalue weighted by molar-refractivity contribution is -0.153. The third-order valence-electron chi connectivity index (χ3n) is 6.05. The second-order valence-electron chi connectivity index (χ2n) is 10.8. The second kappa shape index (κ2) is 15.5. The Labute approximate surface area is 264 Å². The molecule has 0 heterocycles. The number of hydrogen-bond donors (Lipinski definition) is 2. The van der Waals surface area contributed by atoms with Crippen LogP contribution in [0.3, 0.4) is 0 Å². The van der Waals surface area contributed by atoms with E-state index in [1.807, 2.05) is 0 Å². The first-order chi connectivity index (χ1) is 21.6. The van der Waals surface area contributed by atoms with E-state index in [1.54, 1.807) is 20.8 Å². The highest BCUT2D eigenvalue weighted by Crippen LogP contribution is 2.23. The molecule has 46 heavy (non-hydrogen) atoms. The molecule has 0 radical (unpaired) electrons. The van der Waals surface area contributed by atoms with Crippen molar-refractivity contribution in [2.75, 3.05) is 49.0 Å². The van der Waals surface area contributed by atoms with E-state index in [0.717, 1.165) is 21.9 Å². The summed E-state index contributed by atoms with van der Waals surface area (Å²) in [5.74, 6) is -4.19. The maximum Gasteiger partial charge on any atom is 0.337 e. The van der Waals surface area contributed by atoms with Crippen molar-refractivity contribution in [3.8, 4) is 5.75 Å². The van der Waals surface area contributed by atoms with Crippen LogP contribution in [0.2, 0.25) is 0 Å². The summed E-state index contributed by atoms with van der Waals surface area (Å²) in [7, 11) is 2.55. The molecule has 0 aromatic heterocycles. The fourth-order valence-corrected chi connectivity index (χ4v) is 3.95. The Morgan fingerprint density at radius 1 is 0.848 bits per heavy atom. The van der Waals surface area contributed by atoms with Crippen molar-refractivity contribution < 1.29 is 47.0 Å². The number of methoxy groups -OCH3 is 1. The fraction of sp³-hybridized carbons (Fsp3) is 0.281. The number of nitrogens with zero attached hydrogens (tertiary/aromatic N) is 2. The maximum atomic E-state index is 13.6. The third-order valence-corrected chi connectivity index (χ3v) is 6.05. The molecule has 0 bridgehead atoms. The van der Waals surface area contributed by atoms with Crippen LogP contribution in [-0.4, -0.2) is 69.2 Å². The predicted molar refractivity (Wildman–Crippen MR) is 165 cm³/mol. The highest BCUT2D eigenvalue weighted by Gasteiger charge is 2.24. The van der Waals surface area contributed by atoms with Crippen molar-refractivity contribution in [1.29, 1.82) is 0 Å². The Morgan fingerprint density at radius 3 is 2.17 bits per heavy atom. The average molecular weight is 641 g/mol. The van der Waals surface area contributed by atoms with Crippen LogP contribution >= 0.6 is 0 Å². The summed E-state index contributed by atoms with van der Waals surface area (Å²) in [5.41, 5.74) is -0.190. The van der Waals surface area contributed by atoms with Crippen LogP contribution in [0.1, 0.15) is 31.1 Å². The second-order valence-corrected chi connectivity index (χ2v) is 10.8. The van der Waals surface area contributed by atoms with Crippen LogP contribution in [0.15, 0.2) is 66.7 Å². The van der Waals surface area contributed by atoms with Crippen molar-refractivity contribution in [3.63, 3.8) is 0 Å². The van der Waals surface area contributed by atoms with Gasteiger partial charge in [-0.25, -0.2) is 18.4 Å². The van der Waals surface area contributed by atoms with Gasteiger partial charge in [-0.1, -0.05) is 12.1 Å². The van der Waals surface area contributed by atoms with Gasteiger partial charge in [0.05, 0.1) is 19.2 Å². The maximum absolute atomic E-state index is 13.6. The molecule has 3 rings (SSSR count). The molecular weight excluding hydrogens is 606 g/mol. The minimum Gasteiger partial charge on any atom is -0.484 e. The van der Waals surface area contributed by atoms with Crippen molar-refractivity contribution >= 4 is 46.8 Å². The first kappa shape index (κ1) is 35.0. The van der Waals surface area contributed by atoms with Crippen LogP contribution in [0.4, 0.5) is 30.6 Å². The van der Waals surface area contributed by atoms with E-state index in [0.29, 0.717) is 6.07 Å². The molecule has 0 unspecified atom stereocenters. The average Bonchev–Trinajstić information content (AvgIpc) is 2.99. The van der Waals surface area contributed by atoms with Gasteiger partial charge in [-0.2, -0.15) is 0 Å². The van der Waals surface area contributed by atoms with E-state index >= 15 is 0 Å². The Kier molecular flexibility index (Phi) is 11.7. The molecule has 12 nitrogen and oxygen atoms in total. The zero-order chi connectivity index (χ0) is 34.0. The summed E-state index contributed by atoms with van der Waals surface area (Å²) in [5, 5.41) is 4.92. The van der Waals surface area contributed by atoms with Crippen molar-refractivity contribution in [2.24, 2.45) is 0 Å². The molecule has 2 N–H and O–H groups in total. The number of esters is 2. The zero-order valence-corrected chi connectivity index (χ0v) is 25.9. The molecule has 244 valence electrons. The van der Waals surface area contributed by atoms with Crippen LogP contribution in [0.5, 0.6) is 5.75 Å². The van der Waals surface area contributed by atoms with E-state index in [-0.39, 0.29) is 28.4 Å². The van der Waals surface area contributed by atoms with Gasteiger partial charge < -0.3 is 29.7 Å². The number of halogens is 2. The lowest BCUT2D eigenvalue weighted by Crippen LogP contribution is -2.45. The number of nitrogens with one attached hydrogen (secondary N) is 2. The van der Waals surface area contributed by atoms with E-state index < -0.39 is 66.7 Å². The monoisotopic (exact) mass is 640 g/mol. The highest BCUT2D eigenvalue weighted by atomic mass is 19.1. The van der Waals surface area contributed by atoms with Crippen molar-refractivity contribution in [2.45, 2.75) is 26.4 Å². The largest absolute Gasteiger partial charge is 0.484 e. The van der Waals surface area contributed by atoms with Gasteiger partial charge >= 0.3 is 18.0 Å². The highest BCUT2D eigenvalue weighted by molar-refractivity contribution is 6.01. The summed E-state index contributed by atoms with van der Waals surface area (Å²) in [6, 6.07) is 13.8. The molecular formula is C32H34F2N4O8. The molecule has 0 fully saturated rings. The lowest BCUT2D eigenvalue weighted by atomic mass is 10.2. The molecule has 0 saturated carbocycles. The van der Waals surface area contributed by atoms with Crippen molar-refractivity contribution in [3.05, 3.63) is 83.9 Å². The van der Waals surface area contributed by atoms with Crippen LogP contribution < -0.4 is 25.2 Å². The number of rotatable bonds is 11. The van der Waals surface area contributed by atoms with Crippen LogP contribution in [0.25, 0.3) is 0 Å². The van der Waals surface area contributed by atoms with E-state index in [1.165, 1.54) is 62.7 Å². The Balaban J connectivity index is 1.72. The van der Waals surface area contributed by atoms with Gasteiger partial charge in [-0.15, -0.1) is 0 Å². The smallest absolute Gasteiger partial charge is 0.337 e. The Morgan fingerprint density at radius 2 is 1.52 bits per heavy atom. The van der Waals surface area contributed by atoms with Gasteiger partial charge in [0.15, 0.2) is 6.61 Å². The summed E-state index contributed by atoms with van der Waals surface area (Å²) < 4.78 is 42.8. The molecule has 0 saturated heterocycles. The first-order valence-corrected chi connectivity index (χ1v) is 13.9. The molecule has 0 aliphatic carbocycles. The SMILES string of the molecule is COC(=O)c1cccc(NC(=O)NCC(=O)N(CC(=O)OC(C)(C)C)c2cccc(OCC(=O)N(C)c3cc(F)cc(F)c3)c2)c1. The number of amides is 4. The topological polar surface area (TPSA) is 144 Å². The normalized spacial score (nSPS) is 10.8. The Bertz CT molecular complexity index is 1590. The van der Waals surface area contributed by atoms with Gasteiger partial charge in [0.25, 0.3) is 5.91 Å². The number of hydrogen-bond acceptors (Lipinski definition) is 8. The summed E-state index contributed by atoms with van der Waals surface area (Å²) >= 11 is 0. The van der Waals surface area contributed by atoms with E-state index in [2.05, 4.69) is 15.4 Å². The minimum atomic E-state index is -0.849. The van der Waals surface area contributed by atoms with E-state index in [9.17, 15) is 32.8 Å². The molecule has 3 aromatic rings. The van der Waals surface area contributed by atoms with Crippen LogP contribution in [0, 0.1) is 11.6 Å². The standard InChI is InChI=1S/C32H34F2N4O8/c1-32(2,3)46-29(41)18-38(27(39)17-35-31(43)36-23-9-6-8-20(12-23)30(42)44-5)24-10-7-11-26(16-24)45-19-28(40)37(4)25-14-21(33)13-22(34)15-25/h6-16H,17-19H2,1-5H3,(H2,35,36,43). The lowest BCUT2D eigenvalue weighted by Gasteiger charge is -2.26. The summed E-state index contributed by atoms with van der Waals surface area (Å²) in [6.07, 6.45) is 0. The fourth-order valence-electron chi connectivity index (χ4n) is 3.95. The van der Waals surface area contributed by atoms with Gasteiger partial charge in [-0.3, -0.25) is 19.3 Å². The van der Waals surface area contributed by atoms with Gasteiger partial charge in [0.2, 0.25) is 5.91 Å². The molecule has 0 aliphatic heterocycles. The van der Waals surface area contributed by atoms with Gasteiger partial charge in [0, 0.05) is 36.2 Å². The first-order valence-electron chi connectivity index (χ1n) is 13.9. The minimum absolute atomic E-state index is 0.0123. The molecule has 0 aliphatic rings. The number of anilines is 3. The molecule has 0 spiro atoms. The van der Waals surface area contributed by atoms with Gasteiger partial charge in [-0.05, 0) is 63.2 Å². The summed E-state index contributed by atoms with van der Waals surface area (Å²) in [6.45, 7) is 3.42. The number of benzene rings is 3. The molecule has 0 atom stereocenters. The van der Waals surface area contributed by atoms with E-state index in [4.69, 9.17) is 9.47 Å². The quantitative estimate of drug-likeness (QED) is 0.296.